The van der Waals surface area contributed by atoms with Gasteiger partial charge in [0, 0.05) is 19.1 Å². The summed E-state index contributed by atoms with van der Waals surface area (Å²) in [5, 5.41) is 11.7. The molecule has 0 aromatic carbocycles. The molecule has 0 aromatic heterocycles. The second kappa shape index (κ2) is 5.21. The topological polar surface area (TPSA) is 39.1 Å². The van der Waals surface area contributed by atoms with Crippen LogP contribution < -0.4 is 5.32 Å². The van der Waals surface area contributed by atoms with E-state index in [4.69, 9.17) is 5.26 Å². The average molecular weight is 181 g/mol. The Hall–Kier alpha value is -0.590. The fraction of sp³-hybridized carbons (Fsp3) is 0.900. The van der Waals surface area contributed by atoms with Gasteiger partial charge in [0.1, 0.15) is 0 Å². The van der Waals surface area contributed by atoms with E-state index in [0.717, 1.165) is 25.7 Å². The smallest absolute Gasteiger partial charge is 0.0924 e. The summed E-state index contributed by atoms with van der Waals surface area (Å²) in [5.41, 5.74) is 0. The summed E-state index contributed by atoms with van der Waals surface area (Å²) in [6.07, 6.45) is 2.73. The third-order valence-electron chi connectivity index (χ3n) is 2.51. The molecule has 0 saturated heterocycles. The highest BCUT2D eigenvalue weighted by molar-refractivity contribution is 4.87. The summed E-state index contributed by atoms with van der Waals surface area (Å²) in [7, 11) is 0. The van der Waals surface area contributed by atoms with Crippen LogP contribution in [0.5, 0.6) is 0 Å². The molecule has 0 radical (unpaired) electrons. The molecule has 0 aliphatic heterocycles. The second-order valence-corrected chi connectivity index (χ2v) is 3.66. The fourth-order valence-electron chi connectivity index (χ4n) is 1.51. The van der Waals surface area contributed by atoms with E-state index in [2.05, 4.69) is 23.2 Å². The largest absolute Gasteiger partial charge is 0.301 e. The average Bonchev–Trinajstić information content (AvgIpc) is 2.95. The molecule has 0 amide bonds. The van der Waals surface area contributed by atoms with E-state index in [9.17, 15) is 0 Å². The first-order valence-electron chi connectivity index (χ1n) is 5.15. The summed E-state index contributed by atoms with van der Waals surface area (Å²) in [4.78, 5) is 2.48. The van der Waals surface area contributed by atoms with Crippen LogP contribution in [-0.2, 0) is 0 Å². The SMILES string of the molecule is CCN(CCNC(C)C#N)C1CC1. The summed E-state index contributed by atoms with van der Waals surface area (Å²) in [6, 6.07) is 2.99. The van der Waals surface area contributed by atoms with Crippen LogP contribution in [-0.4, -0.2) is 36.6 Å². The van der Waals surface area contributed by atoms with Crippen molar-refractivity contribution in [2.75, 3.05) is 19.6 Å². The van der Waals surface area contributed by atoms with Gasteiger partial charge in [0.15, 0.2) is 0 Å². The van der Waals surface area contributed by atoms with Crippen LogP contribution in [0.4, 0.5) is 0 Å². The van der Waals surface area contributed by atoms with E-state index in [1.807, 2.05) is 6.92 Å². The molecule has 1 saturated carbocycles. The lowest BCUT2D eigenvalue weighted by molar-refractivity contribution is 0.276. The van der Waals surface area contributed by atoms with Gasteiger partial charge in [-0.15, -0.1) is 0 Å². The number of rotatable bonds is 6. The molecule has 3 heteroatoms. The van der Waals surface area contributed by atoms with E-state index in [1.54, 1.807) is 0 Å². The van der Waals surface area contributed by atoms with Crippen molar-refractivity contribution in [3.05, 3.63) is 0 Å². The normalized spacial score (nSPS) is 18.6. The Morgan fingerprint density at radius 3 is 2.77 bits per heavy atom. The van der Waals surface area contributed by atoms with Crippen molar-refractivity contribution >= 4 is 0 Å². The molecule has 1 fully saturated rings. The number of nitrogens with one attached hydrogen (secondary N) is 1. The lowest BCUT2D eigenvalue weighted by Gasteiger charge is -2.20. The van der Waals surface area contributed by atoms with Crippen LogP contribution in [0.25, 0.3) is 0 Å². The van der Waals surface area contributed by atoms with Crippen LogP contribution in [0.1, 0.15) is 26.7 Å². The van der Waals surface area contributed by atoms with Gasteiger partial charge < -0.3 is 5.32 Å². The Morgan fingerprint density at radius 1 is 1.62 bits per heavy atom. The zero-order chi connectivity index (χ0) is 9.68. The standard InChI is InChI=1S/C10H19N3/c1-3-13(10-4-5-10)7-6-12-9(2)8-11/h9-10,12H,3-7H2,1-2H3. The van der Waals surface area contributed by atoms with Crippen molar-refractivity contribution in [3.8, 4) is 6.07 Å². The number of likely N-dealkylation sites (N-methyl/N-ethyl adjacent to an activating group) is 1. The van der Waals surface area contributed by atoms with E-state index >= 15 is 0 Å². The maximum atomic E-state index is 8.55. The molecule has 1 rings (SSSR count). The molecule has 0 heterocycles. The molecule has 1 aliphatic carbocycles. The van der Waals surface area contributed by atoms with Gasteiger partial charge in [-0.05, 0) is 26.3 Å². The van der Waals surface area contributed by atoms with Gasteiger partial charge >= 0.3 is 0 Å². The predicted molar refractivity (Wildman–Crippen MR) is 53.3 cm³/mol. The molecule has 0 aromatic rings. The molecule has 0 bridgehead atoms. The highest BCUT2D eigenvalue weighted by atomic mass is 15.2. The van der Waals surface area contributed by atoms with Crippen molar-refractivity contribution < 1.29 is 0 Å². The van der Waals surface area contributed by atoms with Crippen molar-refractivity contribution in [1.29, 1.82) is 5.26 Å². The molecular weight excluding hydrogens is 162 g/mol. The molecule has 1 N–H and O–H groups in total. The first kappa shape index (κ1) is 10.5. The molecule has 0 spiro atoms. The monoisotopic (exact) mass is 181 g/mol. The lowest BCUT2D eigenvalue weighted by Crippen LogP contribution is -2.36. The minimum Gasteiger partial charge on any atom is -0.301 e. The summed E-state index contributed by atoms with van der Waals surface area (Å²) in [6.45, 7) is 7.24. The minimum atomic E-state index is -0.0158. The van der Waals surface area contributed by atoms with E-state index in [1.165, 1.54) is 12.8 Å². The van der Waals surface area contributed by atoms with Crippen molar-refractivity contribution in [3.63, 3.8) is 0 Å². The van der Waals surface area contributed by atoms with E-state index in [0.29, 0.717) is 0 Å². The van der Waals surface area contributed by atoms with Crippen molar-refractivity contribution in [2.45, 2.75) is 38.8 Å². The first-order valence-corrected chi connectivity index (χ1v) is 5.15. The lowest BCUT2D eigenvalue weighted by atomic mass is 10.3. The van der Waals surface area contributed by atoms with E-state index in [-0.39, 0.29) is 6.04 Å². The highest BCUT2D eigenvalue weighted by Gasteiger charge is 2.27. The van der Waals surface area contributed by atoms with Gasteiger partial charge in [0.2, 0.25) is 0 Å². The molecule has 1 aliphatic rings. The van der Waals surface area contributed by atoms with Crippen molar-refractivity contribution in [1.82, 2.24) is 10.2 Å². The maximum Gasteiger partial charge on any atom is 0.0924 e. The maximum absolute atomic E-state index is 8.55. The Labute approximate surface area is 80.7 Å². The molecule has 74 valence electrons. The predicted octanol–water partition coefficient (Wildman–Crippen LogP) is 0.972. The number of hydrogen-bond donors (Lipinski definition) is 1. The van der Waals surface area contributed by atoms with Crippen molar-refractivity contribution in [2.24, 2.45) is 0 Å². The summed E-state index contributed by atoms with van der Waals surface area (Å²) in [5.74, 6) is 0. The molecule has 3 nitrogen and oxygen atoms in total. The Bertz CT molecular complexity index is 181. The van der Waals surface area contributed by atoms with Gasteiger partial charge in [-0.25, -0.2) is 0 Å². The van der Waals surface area contributed by atoms with Gasteiger partial charge in [0.25, 0.3) is 0 Å². The Balaban J connectivity index is 2.06. The number of hydrogen-bond acceptors (Lipinski definition) is 3. The van der Waals surface area contributed by atoms with Crippen LogP contribution in [0.2, 0.25) is 0 Å². The van der Waals surface area contributed by atoms with Gasteiger partial charge in [-0.3, -0.25) is 4.90 Å². The van der Waals surface area contributed by atoms with E-state index < -0.39 is 0 Å². The van der Waals surface area contributed by atoms with Crippen LogP contribution in [0.15, 0.2) is 0 Å². The zero-order valence-corrected chi connectivity index (χ0v) is 8.58. The Kier molecular flexibility index (Phi) is 4.20. The number of nitrogens with zero attached hydrogens (tertiary/aromatic N) is 2. The van der Waals surface area contributed by atoms with Gasteiger partial charge in [-0.1, -0.05) is 6.92 Å². The zero-order valence-electron chi connectivity index (χ0n) is 8.58. The minimum absolute atomic E-state index is 0.0158. The first-order chi connectivity index (χ1) is 6.27. The molecule has 1 atom stereocenters. The quantitative estimate of drug-likeness (QED) is 0.663. The third kappa shape index (κ3) is 3.75. The second-order valence-electron chi connectivity index (χ2n) is 3.66. The van der Waals surface area contributed by atoms with Gasteiger partial charge in [-0.2, -0.15) is 5.26 Å². The van der Waals surface area contributed by atoms with Crippen LogP contribution in [0.3, 0.4) is 0 Å². The van der Waals surface area contributed by atoms with Crippen LogP contribution >= 0.6 is 0 Å². The van der Waals surface area contributed by atoms with Gasteiger partial charge in [0.05, 0.1) is 12.1 Å². The Morgan fingerprint density at radius 2 is 2.31 bits per heavy atom. The molecule has 13 heavy (non-hydrogen) atoms. The molecular formula is C10H19N3. The summed E-state index contributed by atoms with van der Waals surface area (Å²) >= 11 is 0. The highest BCUT2D eigenvalue weighted by Crippen LogP contribution is 2.25. The molecule has 1 unspecified atom stereocenters. The summed E-state index contributed by atoms with van der Waals surface area (Å²) < 4.78 is 0. The number of nitriles is 1. The third-order valence-corrected chi connectivity index (χ3v) is 2.51. The van der Waals surface area contributed by atoms with Crippen LogP contribution in [0, 0.1) is 11.3 Å². The fourth-order valence-corrected chi connectivity index (χ4v) is 1.51.